The van der Waals surface area contributed by atoms with Gasteiger partial charge in [-0.25, -0.2) is 4.39 Å². The fourth-order valence-corrected chi connectivity index (χ4v) is 1.49. The van der Waals surface area contributed by atoms with Crippen LogP contribution in [-0.4, -0.2) is 19.8 Å². The molecule has 1 aromatic rings. The molecule has 102 valence electrons. The summed E-state index contributed by atoms with van der Waals surface area (Å²) >= 11 is 5.67. The lowest BCUT2D eigenvalue weighted by Crippen LogP contribution is -2.10. The second-order valence-corrected chi connectivity index (χ2v) is 4.20. The van der Waals surface area contributed by atoms with Crippen molar-refractivity contribution in [1.82, 2.24) is 0 Å². The second kappa shape index (κ2) is 7.28. The Morgan fingerprint density at radius 3 is 2.61 bits per heavy atom. The molecule has 0 radical (unpaired) electrons. The molecular formula is C12H18ClFN2O2. The van der Waals surface area contributed by atoms with Gasteiger partial charge < -0.3 is 20.9 Å². The van der Waals surface area contributed by atoms with Crippen LogP contribution in [0.4, 0.5) is 15.8 Å². The molecular weight excluding hydrogens is 259 g/mol. The molecule has 0 heterocycles. The van der Waals surface area contributed by atoms with Gasteiger partial charge in [0.15, 0.2) is 11.6 Å². The van der Waals surface area contributed by atoms with Crippen molar-refractivity contribution in [3.05, 3.63) is 16.9 Å². The van der Waals surface area contributed by atoms with Gasteiger partial charge in [0, 0.05) is 6.61 Å². The van der Waals surface area contributed by atoms with Crippen LogP contribution in [0.25, 0.3) is 0 Å². The highest BCUT2D eigenvalue weighted by atomic mass is 35.5. The van der Waals surface area contributed by atoms with E-state index in [1.807, 2.05) is 0 Å². The molecule has 0 saturated heterocycles. The number of nitrogen functional groups attached to an aromatic ring is 2. The maximum Gasteiger partial charge on any atom is 0.187 e. The normalized spacial score (nSPS) is 10.6. The van der Waals surface area contributed by atoms with Crippen molar-refractivity contribution < 1.29 is 13.9 Å². The third-order valence-electron chi connectivity index (χ3n) is 2.33. The van der Waals surface area contributed by atoms with Crippen LogP contribution in [0.5, 0.6) is 5.75 Å². The Bertz CT molecular complexity index is 402. The standard InChI is InChI=1S/C12H18ClFN2O2/c1-2-3-4-17-5-6-18-12-9(16)7-8(15)10(13)11(12)14/h7H,2-6,15-16H2,1H3. The Morgan fingerprint density at radius 1 is 1.22 bits per heavy atom. The third-order valence-corrected chi connectivity index (χ3v) is 2.72. The lowest BCUT2D eigenvalue weighted by atomic mass is 10.2. The molecule has 0 unspecified atom stereocenters. The van der Waals surface area contributed by atoms with Crippen molar-refractivity contribution >= 4 is 23.0 Å². The van der Waals surface area contributed by atoms with Gasteiger partial charge in [0.2, 0.25) is 0 Å². The monoisotopic (exact) mass is 276 g/mol. The van der Waals surface area contributed by atoms with Crippen LogP contribution in [0, 0.1) is 5.82 Å². The Labute approximate surface area is 111 Å². The molecule has 0 aliphatic rings. The number of rotatable bonds is 7. The Balaban J connectivity index is 2.50. The van der Waals surface area contributed by atoms with Crippen LogP contribution >= 0.6 is 11.6 Å². The average molecular weight is 277 g/mol. The number of anilines is 2. The fraction of sp³-hybridized carbons (Fsp3) is 0.500. The van der Waals surface area contributed by atoms with Gasteiger partial charge in [-0.05, 0) is 12.5 Å². The minimum atomic E-state index is -0.734. The largest absolute Gasteiger partial charge is 0.486 e. The summed E-state index contributed by atoms with van der Waals surface area (Å²) in [5, 5.41) is -0.175. The van der Waals surface area contributed by atoms with Gasteiger partial charge in [-0.1, -0.05) is 24.9 Å². The molecule has 1 rings (SSSR count). The minimum Gasteiger partial charge on any atom is -0.486 e. The van der Waals surface area contributed by atoms with Crippen molar-refractivity contribution in [3.63, 3.8) is 0 Å². The van der Waals surface area contributed by atoms with Crippen molar-refractivity contribution in [3.8, 4) is 5.75 Å². The van der Waals surface area contributed by atoms with Crippen LogP contribution in [-0.2, 0) is 4.74 Å². The number of halogens is 2. The molecule has 0 saturated carbocycles. The second-order valence-electron chi connectivity index (χ2n) is 3.83. The highest BCUT2D eigenvalue weighted by Crippen LogP contribution is 2.35. The van der Waals surface area contributed by atoms with E-state index in [1.54, 1.807) is 0 Å². The fourth-order valence-electron chi connectivity index (χ4n) is 1.35. The van der Waals surface area contributed by atoms with Gasteiger partial charge in [0.1, 0.15) is 11.6 Å². The zero-order chi connectivity index (χ0) is 13.5. The van der Waals surface area contributed by atoms with E-state index < -0.39 is 5.82 Å². The van der Waals surface area contributed by atoms with Crippen LogP contribution < -0.4 is 16.2 Å². The van der Waals surface area contributed by atoms with Crippen LogP contribution in [0.15, 0.2) is 6.07 Å². The molecule has 0 atom stereocenters. The smallest absolute Gasteiger partial charge is 0.187 e. The summed E-state index contributed by atoms with van der Waals surface area (Å²) in [6.07, 6.45) is 2.06. The molecule has 0 bridgehead atoms. The highest BCUT2D eigenvalue weighted by molar-refractivity contribution is 6.33. The SMILES string of the molecule is CCCCOCCOc1c(N)cc(N)c(Cl)c1F. The molecule has 0 aliphatic carbocycles. The highest BCUT2D eigenvalue weighted by Gasteiger charge is 2.15. The van der Waals surface area contributed by atoms with Crippen molar-refractivity contribution in [2.45, 2.75) is 19.8 Å². The van der Waals surface area contributed by atoms with E-state index in [0.29, 0.717) is 13.2 Å². The molecule has 0 amide bonds. The first-order valence-corrected chi connectivity index (χ1v) is 6.19. The van der Waals surface area contributed by atoms with Crippen LogP contribution in [0.1, 0.15) is 19.8 Å². The van der Waals surface area contributed by atoms with Crippen LogP contribution in [0.3, 0.4) is 0 Å². The predicted octanol–water partition coefficient (Wildman–Crippen LogP) is 2.84. The molecule has 0 aromatic heterocycles. The zero-order valence-corrected chi connectivity index (χ0v) is 11.1. The maximum absolute atomic E-state index is 13.7. The summed E-state index contributed by atoms with van der Waals surface area (Å²) in [6, 6.07) is 1.37. The lowest BCUT2D eigenvalue weighted by molar-refractivity contribution is 0.0970. The van der Waals surface area contributed by atoms with Gasteiger partial charge in [-0.3, -0.25) is 0 Å². The molecule has 18 heavy (non-hydrogen) atoms. The number of hydrogen-bond acceptors (Lipinski definition) is 4. The summed E-state index contributed by atoms with van der Waals surface area (Å²) in [5.74, 6) is -0.809. The van der Waals surface area contributed by atoms with Crippen molar-refractivity contribution in [2.75, 3.05) is 31.3 Å². The summed E-state index contributed by atoms with van der Waals surface area (Å²) in [5.41, 5.74) is 11.3. The van der Waals surface area contributed by atoms with Gasteiger partial charge in [0.25, 0.3) is 0 Å². The first kappa shape index (κ1) is 14.9. The zero-order valence-electron chi connectivity index (χ0n) is 10.3. The van der Waals surface area contributed by atoms with Gasteiger partial charge in [0.05, 0.1) is 18.0 Å². The summed E-state index contributed by atoms with van der Waals surface area (Å²) in [6.45, 7) is 3.33. The predicted molar refractivity (Wildman–Crippen MR) is 71.5 cm³/mol. The molecule has 0 spiro atoms. The summed E-state index contributed by atoms with van der Waals surface area (Å²) in [4.78, 5) is 0. The molecule has 0 aliphatic heterocycles. The molecule has 6 heteroatoms. The lowest BCUT2D eigenvalue weighted by Gasteiger charge is -2.12. The minimum absolute atomic E-state index is 0.0757. The Morgan fingerprint density at radius 2 is 1.94 bits per heavy atom. The van der Waals surface area contributed by atoms with E-state index in [4.69, 9.17) is 32.5 Å². The average Bonchev–Trinajstić information content (AvgIpc) is 2.34. The van der Waals surface area contributed by atoms with E-state index >= 15 is 0 Å². The first-order valence-electron chi connectivity index (χ1n) is 5.81. The molecule has 0 fully saturated rings. The van der Waals surface area contributed by atoms with E-state index in [-0.39, 0.29) is 28.8 Å². The quantitative estimate of drug-likeness (QED) is 0.593. The van der Waals surface area contributed by atoms with E-state index in [2.05, 4.69) is 6.92 Å². The Hall–Kier alpha value is -1.20. The van der Waals surface area contributed by atoms with Crippen molar-refractivity contribution in [1.29, 1.82) is 0 Å². The van der Waals surface area contributed by atoms with E-state index in [1.165, 1.54) is 6.07 Å². The number of benzene rings is 1. The Kier molecular flexibility index (Phi) is 6.01. The first-order chi connectivity index (χ1) is 8.57. The summed E-state index contributed by atoms with van der Waals surface area (Å²) < 4.78 is 24.2. The molecule has 4 nitrogen and oxygen atoms in total. The molecule has 4 N–H and O–H groups in total. The van der Waals surface area contributed by atoms with Crippen molar-refractivity contribution in [2.24, 2.45) is 0 Å². The number of nitrogens with two attached hydrogens (primary N) is 2. The molecule has 1 aromatic carbocycles. The van der Waals surface area contributed by atoms with Gasteiger partial charge in [-0.2, -0.15) is 0 Å². The van der Waals surface area contributed by atoms with Gasteiger partial charge >= 0.3 is 0 Å². The van der Waals surface area contributed by atoms with Crippen LogP contribution in [0.2, 0.25) is 5.02 Å². The van der Waals surface area contributed by atoms with E-state index in [9.17, 15) is 4.39 Å². The van der Waals surface area contributed by atoms with Gasteiger partial charge in [-0.15, -0.1) is 0 Å². The number of ether oxygens (including phenoxy) is 2. The third kappa shape index (κ3) is 3.92. The topological polar surface area (TPSA) is 70.5 Å². The number of unbranched alkanes of at least 4 members (excludes halogenated alkanes) is 1. The van der Waals surface area contributed by atoms with E-state index in [0.717, 1.165) is 12.8 Å². The maximum atomic E-state index is 13.7. The number of hydrogen-bond donors (Lipinski definition) is 2. The summed E-state index contributed by atoms with van der Waals surface area (Å²) in [7, 11) is 0.